The van der Waals surface area contributed by atoms with Gasteiger partial charge in [0.05, 0.1) is 20.6 Å². The van der Waals surface area contributed by atoms with Crippen LogP contribution in [0.15, 0.2) is 12.2 Å². The molecule has 0 fully saturated rings. The van der Waals surface area contributed by atoms with E-state index in [1.807, 2.05) is 0 Å². The van der Waals surface area contributed by atoms with Crippen LogP contribution in [0.25, 0.3) is 0 Å². The van der Waals surface area contributed by atoms with Crippen LogP contribution >= 0.6 is 0 Å². The molecule has 0 radical (unpaired) electrons. The zero-order chi connectivity index (χ0) is 27.1. The van der Waals surface area contributed by atoms with Crippen molar-refractivity contribution >= 4 is 11.8 Å². The molecule has 0 heterocycles. The van der Waals surface area contributed by atoms with Gasteiger partial charge in [-0.3, -0.25) is 0 Å². The average molecular weight is 510 g/mol. The lowest BCUT2D eigenvalue weighted by atomic mass is 10.1. The predicted octanol–water partition coefficient (Wildman–Crippen LogP) is 7.33. The van der Waals surface area contributed by atoms with Crippen molar-refractivity contribution in [3.05, 3.63) is 12.2 Å². The van der Waals surface area contributed by atoms with E-state index in [2.05, 4.69) is 52.2 Å². The molecule has 0 saturated carbocycles. The summed E-state index contributed by atoms with van der Waals surface area (Å²) in [5, 5.41) is 0. The Balaban J connectivity index is 4.32. The molecule has 0 saturated heterocycles. The molecule has 0 aliphatic heterocycles. The van der Waals surface area contributed by atoms with Gasteiger partial charge in [-0.2, -0.15) is 0 Å². The van der Waals surface area contributed by atoms with Crippen LogP contribution in [-0.4, -0.2) is 75.1 Å². The second kappa shape index (κ2) is 23.0. The van der Waals surface area contributed by atoms with Crippen LogP contribution < -0.4 is 0 Å². The number of likely N-dealkylation sites (N-methyl/N-ethyl adjacent to an activating group) is 1. The van der Waals surface area contributed by atoms with E-state index in [-0.39, 0.29) is 12.1 Å². The van der Waals surface area contributed by atoms with Crippen LogP contribution in [0, 0.1) is 0 Å². The van der Waals surface area contributed by atoms with Gasteiger partial charge in [-0.05, 0) is 78.9 Å². The molecule has 36 heavy (non-hydrogen) atoms. The monoisotopic (exact) mass is 509 g/mol. The van der Waals surface area contributed by atoms with Crippen molar-refractivity contribution in [3.8, 4) is 0 Å². The van der Waals surface area contributed by atoms with E-state index in [9.17, 15) is 9.59 Å². The molecule has 1 atom stereocenters. The number of nitrogens with zero attached hydrogens (tertiary/aromatic N) is 2. The third kappa shape index (κ3) is 24.5. The van der Waals surface area contributed by atoms with E-state index in [1.54, 1.807) is 6.92 Å². The third-order valence-corrected chi connectivity index (χ3v) is 6.82. The summed E-state index contributed by atoms with van der Waals surface area (Å²) in [6, 6.07) is 0. The van der Waals surface area contributed by atoms with Crippen molar-refractivity contribution < 1.29 is 18.8 Å². The van der Waals surface area contributed by atoms with Crippen LogP contribution in [0.4, 0.5) is 0 Å². The van der Waals surface area contributed by atoms with Crippen molar-refractivity contribution in [2.24, 2.45) is 0 Å². The van der Waals surface area contributed by atoms with Crippen molar-refractivity contribution in [1.82, 2.24) is 4.90 Å². The first-order chi connectivity index (χ1) is 17.2. The lowest BCUT2D eigenvalue weighted by Gasteiger charge is -2.29. The summed E-state index contributed by atoms with van der Waals surface area (Å²) in [6.07, 6.45) is 23.6. The number of esters is 1. The molecular formula is C31H61N2O3+. The molecule has 0 amide bonds. The first-order valence-electron chi connectivity index (χ1n) is 15.0. The van der Waals surface area contributed by atoms with Crippen molar-refractivity contribution in [3.63, 3.8) is 0 Å². The summed E-state index contributed by atoms with van der Waals surface area (Å²) in [4.78, 5) is 26.0. The van der Waals surface area contributed by atoms with Gasteiger partial charge in [0.15, 0.2) is 6.54 Å². The molecule has 0 aliphatic rings. The number of quaternary nitrogens is 1. The SMILES string of the molecule is CCCCCCC(C/C=C/CCCCCCCC(C)=O)OC(=O)C[N+](C)(C)CCCCCCN(C)C. The lowest BCUT2D eigenvalue weighted by Crippen LogP contribution is -2.45. The summed E-state index contributed by atoms with van der Waals surface area (Å²) >= 11 is 0. The molecule has 0 aliphatic carbocycles. The number of Topliss-reactive ketones (excluding diaryl/α,β-unsaturated/α-hetero) is 1. The molecule has 5 heteroatoms. The van der Waals surface area contributed by atoms with Gasteiger partial charge < -0.3 is 18.9 Å². The quantitative estimate of drug-likeness (QED) is 0.0559. The zero-order valence-electron chi connectivity index (χ0n) is 25.0. The van der Waals surface area contributed by atoms with Crippen LogP contribution in [-0.2, 0) is 14.3 Å². The molecule has 0 aromatic carbocycles. The summed E-state index contributed by atoms with van der Waals surface area (Å²) in [5.41, 5.74) is 0. The van der Waals surface area contributed by atoms with Crippen molar-refractivity contribution in [2.45, 2.75) is 129 Å². The van der Waals surface area contributed by atoms with Crippen LogP contribution in [0.5, 0.6) is 0 Å². The highest BCUT2D eigenvalue weighted by atomic mass is 16.5. The largest absolute Gasteiger partial charge is 0.458 e. The van der Waals surface area contributed by atoms with E-state index in [0.29, 0.717) is 16.8 Å². The molecule has 0 aromatic heterocycles. The molecule has 0 N–H and O–H groups in total. The number of unbranched alkanes of at least 4 members (excludes halogenated alkanes) is 11. The van der Waals surface area contributed by atoms with E-state index in [4.69, 9.17) is 4.74 Å². The Morgan fingerprint density at radius 2 is 1.47 bits per heavy atom. The van der Waals surface area contributed by atoms with Crippen LogP contribution in [0.2, 0.25) is 0 Å². The fourth-order valence-corrected chi connectivity index (χ4v) is 4.53. The van der Waals surface area contributed by atoms with E-state index < -0.39 is 0 Å². The predicted molar refractivity (Wildman–Crippen MR) is 154 cm³/mol. The van der Waals surface area contributed by atoms with Crippen LogP contribution in [0.1, 0.15) is 123 Å². The minimum Gasteiger partial charge on any atom is -0.458 e. The highest BCUT2D eigenvalue weighted by molar-refractivity contribution is 5.75. The smallest absolute Gasteiger partial charge is 0.362 e. The number of hydrogen-bond donors (Lipinski definition) is 0. The Hall–Kier alpha value is -1.20. The maximum atomic E-state index is 12.8. The van der Waals surface area contributed by atoms with E-state index in [0.717, 1.165) is 64.5 Å². The second-order valence-corrected chi connectivity index (χ2v) is 11.7. The summed E-state index contributed by atoms with van der Waals surface area (Å²) in [6.45, 7) is 6.53. The maximum absolute atomic E-state index is 12.8. The molecule has 0 aromatic rings. The van der Waals surface area contributed by atoms with Gasteiger partial charge in [0, 0.05) is 12.8 Å². The van der Waals surface area contributed by atoms with Gasteiger partial charge in [0.2, 0.25) is 0 Å². The molecule has 5 nitrogen and oxygen atoms in total. The Kier molecular flexibility index (Phi) is 22.2. The number of carbonyl (C=O) groups excluding carboxylic acids is 2. The summed E-state index contributed by atoms with van der Waals surface area (Å²) < 4.78 is 6.70. The second-order valence-electron chi connectivity index (χ2n) is 11.7. The molecule has 0 bridgehead atoms. The van der Waals surface area contributed by atoms with Crippen LogP contribution in [0.3, 0.4) is 0 Å². The number of hydrogen-bond acceptors (Lipinski definition) is 4. The zero-order valence-corrected chi connectivity index (χ0v) is 25.0. The standard InChI is InChI=1S/C31H61N2O3/c1-7-8-9-19-24-30(25-20-15-13-11-10-12-14-18-23-29(2)34)36-31(35)28-33(5,6)27-22-17-16-21-26-32(3)4/h15,20,30H,7-14,16-19,21-28H2,1-6H3/q+1/b20-15+. The van der Waals surface area contributed by atoms with Crippen molar-refractivity contribution in [1.29, 1.82) is 0 Å². The Labute approximate surface area is 224 Å². The van der Waals surface area contributed by atoms with Gasteiger partial charge in [-0.25, -0.2) is 4.79 Å². The number of rotatable bonds is 25. The molecule has 0 spiro atoms. The summed E-state index contributed by atoms with van der Waals surface area (Å²) in [7, 11) is 8.55. The maximum Gasteiger partial charge on any atom is 0.362 e. The average Bonchev–Trinajstić information content (AvgIpc) is 2.79. The summed E-state index contributed by atoms with van der Waals surface area (Å²) in [5.74, 6) is 0.253. The number of ether oxygens (including phenoxy) is 1. The van der Waals surface area contributed by atoms with Gasteiger partial charge in [0.1, 0.15) is 11.9 Å². The fourth-order valence-electron chi connectivity index (χ4n) is 4.53. The molecular weight excluding hydrogens is 448 g/mol. The molecule has 212 valence electrons. The Bertz CT molecular complexity index is 572. The number of carbonyl (C=O) groups is 2. The van der Waals surface area contributed by atoms with Gasteiger partial charge in [-0.15, -0.1) is 0 Å². The first-order valence-corrected chi connectivity index (χ1v) is 15.0. The number of ketones is 1. The van der Waals surface area contributed by atoms with Gasteiger partial charge >= 0.3 is 5.97 Å². The highest BCUT2D eigenvalue weighted by Crippen LogP contribution is 2.15. The minimum atomic E-state index is -0.0490. The molecule has 1 unspecified atom stereocenters. The van der Waals surface area contributed by atoms with E-state index in [1.165, 1.54) is 57.8 Å². The van der Waals surface area contributed by atoms with E-state index >= 15 is 0 Å². The van der Waals surface area contributed by atoms with Gasteiger partial charge in [0.25, 0.3) is 0 Å². The highest BCUT2D eigenvalue weighted by Gasteiger charge is 2.23. The fraction of sp³-hybridized carbons (Fsp3) is 0.871. The Morgan fingerprint density at radius 1 is 0.833 bits per heavy atom. The Morgan fingerprint density at radius 3 is 2.17 bits per heavy atom. The lowest BCUT2D eigenvalue weighted by molar-refractivity contribution is -0.883. The van der Waals surface area contributed by atoms with Gasteiger partial charge in [-0.1, -0.05) is 64.0 Å². The minimum absolute atomic E-state index is 0.00298. The third-order valence-electron chi connectivity index (χ3n) is 6.82. The topological polar surface area (TPSA) is 46.6 Å². The number of allylic oxidation sites excluding steroid dienone is 1. The first kappa shape index (κ1) is 34.8. The molecule has 0 rings (SSSR count). The normalized spacial score (nSPS) is 13.0. The van der Waals surface area contributed by atoms with Crippen molar-refractivity contribution in [2.75, 3.05) is 47.8 Å².